The molecule has 0 amide bonds. The van der Waals surface area contributed by atoms with Gasteiger partial charge in [-0.15, -0.1) is 0 Å². The first-order chi connectivity index (χ1) is 8.95. The molecule has 0 fully saturated rings. The van der Waals surface area contributed by atoms with Crippen LogP contribution in [0.5, 0.6) is 0 Å². The smallest absolute Gasteiger partial charge is 0.297 e. The molecule has 0 saturated carbocycles. The number of nitrogens with zero attached hydrogens (tertiary/aromatic N) is 4. The lowest BCUT2D eigenvalue weighted by Crippen LogP contribution is -2.26. The van der Waals surface area contributed by atoms with Gasteiger partial charge in [-0.2, -0.15) is 5.10 Å². The van der Waals surface area contributed by atoms with Crippen LogP contribution in [0.25, 0.3) is 0 Å². The summed E-state index contributed by atoms with van der Waals surface area (Å²) in [4.78, 5) is 12.2. The standard InChI is InChI=1S/C13H19ClN4O/c1-5-10-12(14)11(16(4)15-10)8-17-6-7-18(9(2)3)13(17)19/h6-7,9H,5,8H2,1-4H3. The van der Waals surface area contributed by atoms with E-state index in [0.717, 1.165) is 17.8 Å². The van der Waals surface area contributed by atoms with Gasteiger partial charge in [0.15, 0.2) is 0 Å². The molecule has 2 heterocycles. The highest BCUT2D eigenvalue weighted by molar-refractivity contribution is 6.31. The zero-order chi connectivity index (χ0) is 14.2. The maximum Gasteiger partial charge on any atom is 0.328 e. The van der Waals surface area contributed by atoms with Crippen LogP contribution in [-0.2, 0) is 20.0 Å². The van der Waals surface area contributed by atoms with E-state index < -0.39 is 0 Å². The monoisotopic (exact) mass is 282 g/mol. The lowest BCUT2D eigenvalue weighted by molar-refractivity contribution is 0.555. The summed E-state index contributed by atoms with van der Waals surface area (Å²) in [5, 5.41) is 5.02. The van der Waals surface area contributed by atoms with Crippen molar-refractivity contribution in [2.75, 3.05) is 0 Å². The molecule has 0 N–H and O–H groups in total. The Morgan fingerprint density at radius 2 is 2.05 bits per heavy atom. The lowest BCUT2D eigenvalue weighted by Gasteiger charge is -2.05. The Morgan fingerprint density at radius 1 is 1.37 bits per heavy atom. The summed E-state index contributed by atoms with van der Waals surface area (Å²) in [7, 11) is 1.85. The Bertz CT molecular complexity index is 636. The number of imidazole rings is 1. The average molecular weight is 283 g/mol. The summed E-state index contributed by atoms with van der Waals surface area (Å²) >= 11 is 6.30. The maximum absolute atomic E-state index is 12.2. The zero-order valence-electron chi connectivity index (χ0n) is 11.7. The molecule has 0 saturated heterocycles. The van der Waals surface area contributed by atoms with Crippen molar-refractivity contribution in [2.24, 2.45) is 7.05 Å². The van der Waals surface area contributed by atoms with E-state index in [1.54, 1.807) is 26.2 Å². The molecular weight excluding hydrogens is 264 g/mol. The molecule has 5 nitrogen and oxygen atoms in total. The normalized spacial score (nSPS) is 11.5. The average Bonchev–Trinajstić information content (AvgIpc) is 2.85. The van der Waals surface area contributed by atoms with Crippen LogP contribution < -0.4 is 5.69 Å². The van der Waals surface area contributed by atoms with Gasteiger partial charge in [0.25, 0.3) is 0 Å². The minimum Gasteiger partial charge on any atom is -0.297 e. The summed E-state index contributed by atoms with van der Waals surface area (Å²) < 4.78 is 5.10. The van der Waals surface area contributed by atoms with Crippen molar-refractivity contribution in [1.29, 1.82) is 0 Å². The first-order valence-electron chi connectivity index (χ1n) is 6.43. The number of rotatable bonds is 4. The Kier molecular flexibility index (Phi) is 3.85. The summed E-state index contributed by atoms with van der Waals surface area (Å²) in [6.07, 6.45) is 4.38. The van der Waals surface area contributed by atoms with Crippen LogP contribution in [0.1, 0.15) is 38.2 Å². The zero-order valence-corrected chi connectivity index (χ0v) is 12.5. The molecule has 0 aromatic carbocycles. The molecule has 2 aromatic heterocycles. The lowest BCUT2D eigenvalue weighted by atomic mass is 10.3. The van der Waals surface area contributed by atoms with Crippen molar-refractivity contribution in [1.82, 2.24) is 18.9 Å². The van der Waals surface area contributed by atoms with Gasteiger partial charge in [0, 0.05) is 25.5 Å². The van der Waals surface area contributed by atoms with Crippen molar-refractivity contribution >= 4 is 11.6 Å². The molecule has 0 spiro atoms. The SMILES string of the molecule is CCc1nn(C)c(Cn2ccn(C(C)C)c2=O)c1Cl. The Morgan fingerprint density at radius 3 is 2.53 bits per heavy atom. The molecular formula is C13H19ClN4O. The van der Waals surface area contributed by atoms with Gasteiger partial charge in [0.05, 0.1) is 23.0 Å². The Labute approximate surface area is 117 Å². The number of aromatic nitrogens is 4. The van der Waals surface area contributed by atoms with E-state index in [1.165, 1.54) is 0 Å². The van der Waals surface area contributed by atoms with E-state index in [2.05, 4.69) is 5.10 Å². The van der Waals surface area contributed by atoms with E-state index in [9.17, 15) is 4.79 Å². The van der Waals surface area contributed by atoms with E-state index in [-0.39, 0.29) is 11.7 Å². The molecule has 0 aliphatic rings. The van der Waals surface area contributed by atoms with Crippen LogP contribution in [0.3, 0.4) is 0 Å². The second-order valence-corrected chi connectivity index (χ2v) is 5.27. The van der Waals surface area contributed by atoms with Crippen LogP contribution in [0.4, 0.5) is 0 Å². The van der Waals surface area contributed by atoms with E-state index in [0.29, 0.717) is 11.6 Å². The molecule has 6 heteroatoms. The van der Waals surface area contributed by atoms with Gasteiger partial charge in [0.2, 0.25) is 0 Å². The first-order valence-corrected chi connectivity index (χ1v) is 6.81. The summed E-state index contributed by atoms with van der Waals surface area (Å²) in [5.74, 6) is 0. The van der Waals surface area contributed by atoms with Crippen LogP contribution in [0, 0.1) is 0 Å². The Hall–Kier alpha value is -1.49. The third-order valence-corrected chi connectivity index (χ3v) is 3.69. The largest absolute Gasteiger partial charge is 0.328 e. The van der Waals surface area contributed by atoms with E-state index >= 15 is 0 Å². The number of hydrogen-bond acceptors (Lipinski definition) is 2. The highest BCUT2D eigenvalue weighted by atomic mass is 35.5. The molecule has 0 bridgehead atoms. The van der Waals surface area contributed by atoms with Gasteiger partial charge in [-0.1, -0.05) is 18.5 Å². The molecule has 0 unspecified atom stereocenters. The molecule has 104 valence electrons. The second-order valence-electron chi connectivity index (χ2n) is 4.89. The van der Waals surface area contributed by atoms with Gasteiger partial charge in [-0.3, -0.25) is 13.8 Å². The van der Waals surface area contributed by atoms with E-state index in [4.69, 9.17) is 11.6 Å². The predicted molar refractivity (Wildman–Crippen MR) is 75.8 cm³/mol. The minimum absolute atomic E-state index is 0.0229. The van der Waals surface area contributed by atoms with Crippen LogP contribution in [0.2, 0.25) is 5.02 Å². The minimum atomic E-state index is -0.0229. The first kappa shape index (κ1) is 13.9. The Balaban J connectivity index is 2.37. The van der Waals surface area contributed by atoms with Crippen molar-refractivity contribution < 1.29 is 0 Å². The van der Waals surface area contributed by atoms with Crippen LogP contribution >= 0.6 is 11.6 Å². The fraction of sp³-hybridized carbons (Fsp3) is 0.538. The third kappa shape index (κ3) is 2.47. The summed E-state index contributed by atoms with van der Waals surface area (Å²) in [6, 6.07) is 0.155. The van der Waals surface area contributed by atoms with E-state index in [1.807, 2.05) is 27.8 Å². The molecule has 0 atom stereocenters. The predicted octanol–water partition coefficient (Wildman–Crippen LogP) is 2.23. The topological polar surface area (TPSA) is 44.8 Å². The van der Waals surface area contributed by atoms with Crippen LogP contribution in [-0.4, -0.2) is 18.9 Å². The van der Waals surface area contributed by atoms with Gasteiger partial charge < -0.3 is 0 Å². The van der Waals surface area contributed by atoms with Crippen molar-refractivity contribution in [3.05, 3.63) is 39.3 Å². The summed E-state index contributed by atoms with van der Waals surface area (Å²) in [6.45, 7) is 6.43. The molecule has 0 aliphatic heterocycles. The fourth-order valence-corrected chi connectivity index (χ4v) is 2.45. The highest BCUT2D eigenvalue weighted by Gasteiger charge is 2.15. The second kappa shape index (κ2) is 5.25. The molecule has 2 rings (SSSR count). The van der Waals surface area contributed by atoms with Crippen molar-refractivity contribution in [3.63, 3.8) is 0 Å². The fourth-order valence-electron chi connectivity index (χ4n) is 2.09. The van der Waals surface area contributed by atoms with Gasteiger partial charge in [-0.05, 0) is 20.3 Å². The third-order valence-electron chi connectivity index (χ3n) is 3.25. The number of hydrogen-bond donors (Lipinski definition) is 0. The van der Waals surface area contributed by atoms with Gasteiger partial charge >= 0.3 is 5.69 Å². The molecule has 19 heavy (non-hydrogen) atoms. The van der Waals surface area contributed by atoms with Gasteiger partial charge in [0.1, 0.15) is 0 Å². The number of halogens is 1. The maximum atomic E-state index is 12.2. The van der Waals surface area contributed by atoms with Crippen molar-refractivity contribution in [3.8, 4) is 0 Å². The molecule has 2 aromatic rings. The highest BCUT2D eigenvalue weighted by Crippen LogP contribution is 2.21. The van der Waals surface area contributed by atoms with Crippen molar-refractivity contribution in [2.45, 2.75) is 39.8 Å². The summed E-state index contributed by atoms with van der Waals surface area (Å²) in [5.41, 5.74) is 1.71. The van der Waals surface area contributed by atoms with Crippen LogP contribution in [0.15, 0.2) is 17.2 Å². The quantitative estimate of drug-likeness (QED) is 0.863. The molecule has 0 radical (unpaired) electrons. The number of aryl methyl sites for hydroxylation is 2. The van der Waals surface area contributed by atoms with Gasteiger partial charge in [-0.25, -0.2) is 4.79 Å². The molecule has 0 aliphatic carbocycles.